The maximum atomic E-state index is 12.1. The number of Topliss-reactive ketones (excluding diaryl/α,β-unsaturated/α-hetero) is 1. The number of rotatable bonds is 6. The first-order valence-corrected chi connectivity index (χ1v) is 6.90. The molecule has 1 amide bonds. The van der Waals surface area contributed by atoms with Crippen LogP contribution in [0.4, 0.5) is 4.79 Å². The van der Waals surface area contributed by atoms with Gasteiger partial charge in [-0.15, -0.1) is 0 Å². The summed E-state index contributed by atoms with van der Waals surface area (Å²) in [4.78, 5) is 23.8. The van der Waals surface area contributed by atoms with E-state index in [0.717, 1.165) is 6.42 Å². The average Bonchev–Trinajstić information content (AvgIpc) is 2.79. The van der Waals surface area contributed by atoms with Crippen molar-refractivity contribution in [2.45, 2.75) is 45.3 Å². The minimum atomic E-state index is -0.564. The summed E-state index contributed by atoms with van der Waals surface area (Å²) in [5.41, 5.74) is -0.564. The molecule has 6 nitrogen and oxygen atoms in total. The van der Waals surface area contributed by atoms with E-state index in [4.69, 9.17) is 14.2 Å². The van der Waals surface area contributed by atoms with Gasteiger partial charge in [-0.2, -0.15) is 0 Å². The van der Waals surface area contributed by atoms with Crippen LogP contribution >= 0.6 is 0 Å². The molecule has 6 heteroatoms. The quantitative estimate of drug-likeness (QED) is 0.802. The number of alkyl carbamates (subject to hydrolysis) is 1. The number of hydrogen-bond acceptors (Lipinski definition) is 5. The van der Waals surface area contributed by atoms with Crippen molar-refractivity contribution in [3.05, 3.63) is 0 Å². The lowest BCUT2D eigenvalue weighted by Gasteiger charge is -2.23. The van der Waals surface area contributed by atoms with Crippen molar-refractivity contribution >= 4 is 11.9 Å². The Bertz CT molecular complexity index is 331. The van der Waals surface area contributed by atoms with Crippen LogP contribution in [0.2, 0.25) is 0 Å². The fourth-order valence-corrected chi connectivity index (χ4v) is 2.02. The van der Waals surface area contributed by atoms with Crippen LogP contribution < -0.4 is 5.32 Å². The van der Waals surface area contributed by atoms with Crippen LogP contribution in [0.5, 0.6) is 0 Å². The molecule has 0 saturated carbocycles. The summed E-state index contributed by atoms with van der Waals surface area (Å²) in [6.07, 6.45) is 0.460. The highest BCUT2D eigenvalue weighted by Crippen LogP contribution is 2.16. The maximum Gasteiger partial charge on any atom is 0.407 e. The molecular weight excluding hydrogens is 262 g/mol. The molecule has 0 aromatic heterocycles. The van der Waals surface area contributed by atoms with Crippen molar-refractivity contribution in [2.24, 2.45) is 5.92 Å². The minimum Gasteiger partial charge on any atom is -0.444 e. The minimum absolute atomic E-state index is 0.0604. The van der Waals surface area contributed by atoms with E-state index in [1.165, 1.54) is 7.11 Å². The molecule has 1 aliphatic rings. The van der Waals surface area contributed by atoms with Crippen molar-refractivity contribution in [1.29, 1.82) is 0 Å². The van der Waals surface area contributed by atoms with Gasteiger partial charge in [0.1, 0.15) is 11.4 Å². The number of carbonyl (C=O) groups excluding carboxylic acids is 2. The van der Waals surface area contributed by atoms with E-state index in [2.05, 4.69) is 5.32 Å². The van der Waals surface area contributed by atoms with Crippen molar-refractivity contribution in [3.63, 3.8) is 0 Å². The highest BCUT2D eigenvalue weighted by molar-refractivity contribution is 5.82. The van der Waals surface area contributed by atoms with Gasteiger partial charge in [-0.3, -0.25) is 4.79 Å². The average molecular weight is 287 g/mol. The molecule has 0 bridgehead atoms. The number of ether oxygens (including phenoxy) is 3. The van der Waals surface area contributed by atoms with E-state index < -0.39 is 11.7 Å². The van der Waals surface area contributed by atoms with Gasteiger partial charge in [0.05, 0.1) is 19.3 Å². The van der Waals surface area contributed by atoms with E-state index in [1.54, 1.807) is 20.8 Å². The third-order valence-corrected chi connectivity index (χ3v) is 2.92. The third kappa shape index (κ3) is 6.34. The molecule has 2 atom stereocenters. The van der Waals surface area contributed by atoms with Gasteiger partial charge in [0, 0.05) is 26.1 Å². The summed E-state index contributed by atoms with van der Waals surface area (Å²) in [6.45, 7) is 6.76. The smallest absolute Gasteiger partial charge is 0.407 e. The molecule has 116 valence electrons. The Hall–Kier alpha value is -1.14. The molecule has 1 aliphatic heterocycles. The van der Waals surface area contributed by atoms with Gasteiger partial charge < -0.3 is 19.5 Å². The Morgan fingerprint density at radius 3 is 2.60 bits per heavy atom. The number of hydrogen-bond donors (Lipinski definition) is 1. The molecule has 1 saturated heterocycles. The zero-order valence-corrected chi connectivity index (χ0v) is 12.7. The van der Waals surface area contributed by atoms with E-state index in [9.17, 15) is 9.59 Å². The summed E-state index contributed by atoms with van der Waals surface area (Å²) >= 11 is 0. The molecule has 0 spiro atoms. The van der Waals surface area contributed by atoms with Crippen LogP contribution in [0.1, 0.15) is 33.6 Å². The van der Waals surface area contributed by atoms with Crippen molar-refractivity contribution in [3.8, 4) is 0 Å². The first-order chi connectivity index (χ1) is 9.31. The molecule has 20 heavy (non-hydrogen) atoms. The largest absolute Gasteiger partial charge is 0.444 e. The predicted octanol–water partition coefficient (Wildman–Crippen LogP) is 1.52. The first-order valence-electron chi connectivity index (χ1n) is 6.90. The number of methoxy groups -OCH3 is 1. The number of carbonyl (C=O) groups is 2. The lowest BCUT2D eigenvalue weighted by Crippen LogP contribution is -2.43. The van der Waals surface area contributed by atoms with Gasteiger partial charge in [-0.25, -0.2) is 4.79 Å². The van der Waals surface area contributed by atoms with Crippen LogP contribution in [0.3, 0.4) is 0 Å². The fourth-order valence-electron chi connectivity index (χ4n) is 2.02. The standard InChI is InChI=1S/C14H25NO5/c1-14(2,3)20-13(17)15-11(9-18-4)7-12(16)10-5-6-19-8-10/h10-11H,5-9H2,1-4H3,(H,15,17). The Morgan fingerprint density at radius 2 is 2.10 bits per heavy atom. The highest BCUT2D eigenvalue weighted by atomic mass is 16.6. The molecule has 0 radical (unpaired) electrons. The van der Waals surface area contributed by atoms with E-state index >= 15 is 0 Å². The second-order valence-electron chi connectivity index (χ2n) is 6.03. The lowest BCUT2D eigenvalue weighted by molar-refractivity contribution is -0.123. The van der Waals surface area contributed by atoms with Gasteiger partial charge in [-0.1, -0.05) is 0 Å². The molecular formula is C14H25NO5. The topological polar surface area (TPSA) is 73.9 Å². The fraction of sp³-hybridized carbons (Fsp3) is 0.857. The Labute approximate surface area is 120 Å². The molecule has 2 unspecified atom stereocenters. The van der Waals surface area contributed by atoms with Gasteiger partial charge >= 0.3 is 6.09 Å². The second-order valence-corrected chi connectivity index (χ2v) is 6.03. The van der Waals surface area contributed by atoms with Crippen LogP contribution in [-0.2, 0) is 19.0 Å². The van der Waals surface area contributed by atoms with Gasteiger partial charge in [0.25, 0.3) is 0 Å². The summed E-state index contributed by atoms with van der Waals surface area (Å²) < 4.78 is 15.4. The third-order valence-electron chi connectivity index (χ3n) is 2.92. The summed E-state index contributed by atoms with van der Waals surface area (Å²) in [7, 11) is 1.53. The predicted molar refractivity (Wildman–Crippen MR) is 73.6 cm³/mol. The molecule has 0 aromatic rings. The molecule has 1 heterocycles. The highest BCUT2D eigenvalue weighted by Gasteiger charge is 2.27. The van der Waals surface area contributed by atoms with Crippen molar-refractivity contribution in [1.82, 2.24) is 5.32 Å². The maximum absolute atomic E-state index is 12.1. The van der Waals surface area contributed by atoms with Crippen molar-refractivity contribution in [2.75, 3.05) is 26.9 Å². The van der Waals surface area contributed by atoms with Crippen molar-refractivity contribution < 1.29 is 23.8 Å². The van der Waals surface area contributed by atoms with E-state index in [-0.39, 0.29) is 30.8 Å². The van der Waals surface area contributed by atoms with Crippen LogP contribution in [0.15, 0.2) is 0 Å². The zero-order valence-electron chi connectivity index (χ0n) is 12.7. The zero-order chi connectivity index (χ0) is 15.2. The number of amides is 1. The number of ketones is 1. The second kappa shape index (κ2) is 7.59. The SMILES string of the molecule is COCC(CC(=O)C1CCOC1)NC(=O)OC(C)(C)C. The van der Waals surface area contributed by atoms with Gasteiger partial charge in [-0.05, 0) is 27.2 Å². The van der Waals surface area contributed by atoms with E-state index in [1.807, 2.05) is 0 Å². The number of nitrogens with one attached hydrogen (secondary N) is 1. The Balaban J connectivity index is 2.46. The molecule has 0 aliphatic carbocycles. The first kappa shape index (κ1) is 16.9. The molecule has 1 fully saturated rings. The summed E-state index contributed by atoms with van der Waals surface area (Å²) in [5.74, 6) is 0.0374. The van der Waals surface area contributed by atoms with E-state index in [0.29, 0.717) is 13.2 Å². The summed E-state index contributed by atoms with van der Waals surface area (Å²) in [5, 5.41) is 2.68. The Kier molecular flexibility index (Phi) is 6.42. The van der Waals surface area contributed by atoms with Crippen LogP contribution in [-0.4, -0.2) is 50.4 Å². The molecule has 0 aromatic carbocycles. The Morgan fingerprint density at radius 1 is 1.40 bits per heavy atom. The monoisotopic (exact) mass is 287 g/mol. The van der Waals surface area contributed by atoms with Crippen LogP contribution in [0, 0.1) is 5.92 Å². The summed E-state index contributed by atoms with van der Waals surface area (Å²) in [6, 6.07) is -0.372. The lowest BCUT2D eigenvalue weighted by atomic mass is 9.98. The molecule has 1 rings (SSSR count). The van der Waals surface area contributed by atoms with Crippen LogP contribution in [0.25, 0.3) is 0 Å². The normalized spacial score (nSPS) is 20.5. The van der Waals surface area contributed by atoms with Gasteiger partial charge in [0.15, 0.2) is 0 Å². The van der Waals surface area contributed by atoms with Gasteiger partial charge in [0.2, 0.25) is 0 Å². The molecule has 1 N–H and O–H groups in total.